The molecule has 0 unspecified atom stereocenters. The summed E-state index contributed by atoms with van der Waals surface area (Å²) in [5.74, 6) is -0.177. The lowest BCUT2D eigenvalue weighted by Crippen LogP contribution is -2.19. The molecule has 120 valence electrons. The van der Waals surface area contributed by atoms with Crippen LogP contribution in [0.1, 0.15) is 48.4 Å². The van der Waals surface area contributed by atoms with Crippen molar-refractivity contribution in [1.82, 2.24) is 15.6 Å². The van der Waals surface area contributed by atoms with Crippen LogP contribution in [0, 0.1) is 10.1 Å². The van der Waals surface area contributed by atoms with Crippen LogP contribution < -0.4 is 5.43 Å². The van der Waals surface area contributed by atoms with Crippen molar-refractivity contribution in [2.75, 3.05) is 0 Å². The summed E-state index contributed by atoms with van der Waals surface area (Å²) in [7, 11) is 0. The lowest BCUT2D eigenvalue weighted by molar-refractivity contribution is -0.384. The van der Waals surface area contributed by atoms with Crippen LogP contribution >= 0.6 is 0 Å². The lowest BCUT2D eigenvalue weighted by Gasteiger charge is -2.01. The summed E-state index contributed by atoms with van der Waals surface area (Å²) in [6.45, 7) is 5.68. The minimum Gasteiger partial charge on any atom is -0.282 e. The van der Waals surface area contributed by atoms with Crippen LogP contribution in [0.3, 0.4) is 0 Å². The minimum absolute atomic E-state index is 0.00308. The molecule has 2 aromatic rings. The summed E-state index contributed by atoms with van der Waals surface area (Å²) in [6.07, 6.45) is 0. The number of H-pyrrole nitrogens is 1. The van der Waals surface area contributed by atoms with Gasteiger partial charge >= 0.3 is 0 Å². The molecule has 0 spiro atoms. The summed E-state index contributed by atoms with van der Waals surface area (Å²) in [5, 5.41) is 21.3. The molecule has 2 rings (SSSR count). The number of aromatic nitrogens is 2. The van der Waals surface area contributed by atoms with E-state index in [0.29, 0.717) is 11.3 Å². The first-order valence-corrected chi connectivity index (χ1v) is 7.03. The maximum absolute atomic E-state index is 12.0. The van der Waals surface area contributed by atoms with Crippen molar-refractivity contribution in [3.05, 3.63) is 57.4 Å². The van der Waals surface area contributed by atoms with Gasteiger partial charge in [0, 0.05) is 17.8 Å². The van der Waals surface area contributed by atoms with Gasteiger partial charge in [-0.3, -0.25) is 20.0 Å². The number of amides is 1. The van der Waals surface area contributed by atoms with Crippen LogP contribution in [-0.2, 0) is 0 Å². The summed E-state index contributed by atoms with van der Waals surface area (Å²) in [4.78, 5) is 22.1. The highest BCUT2D eigenvalue weighted by atomic mass is 16.6. The van der Waals surface area contributed by atoms with Gasteiger partial charge in [0.1, 0.15) is 0 Å². The van der Waals surface area contributed by atoms with E-state index in [0.717, 1.165) is 5.69 Å². The number of carbonyl (C=O) groups excluding carboxylic acids is 1. The Balaban J connectivity index is 2.05. The minimum atomic E-state index is -0.470. The molecule has 8 nitrogen and oxygen atoms in total. The molecule has 0 radical (unpaired) electrons. The number of rotatable bonds is 5. The van der Waals surface area contributed by atoms with Gasteiger partial charge in [-0.2, -0.15) is 10.2 Å². The first-order chi connectivity index (χ1) is 10.9. The van der Waals surface area contributed by atoms with E-state index < -0.39 is 10.8 Å². The second-order valence-corrected chi connectivity index (χ2v) is 5.31. The molecule has 23 heavy (non-hydrogen) atoms. The molecule has 1 aromatic heterocycles. The van der Waals surface area contributed by atoms with Crippen molar-refractivity contribution in [3.63, 3.8) is 0 Å². The van der Waals surface area contributed by atoms with E-state index in [4.69, 9.17) is 0 Å². The van der Waals surface area contributed by atoms with Gasteiger partial charge in [0.25, 0.3) is 11.6 Å². The SMILES string of the molecule is C/C(=N\NC(=O)c1cc(C(C)C)[nH]n1)c1ccc([N+](=O)[O-])cc1. The van der Waals surface area contributed by atoms with Crippen LogP contribution in [0.15, 0.2) is 35.4 Å². The van der Waals surface area contributed by atoms with Crippen LogP contribution in [0.25, 0.3) is 0 Å². The molecule has 0 aliphatic heterocycles. The fourth-order valence-electron chi connectivity index (χ4n) is 1.83. The second kappa shape index (κ2) is 6.82. The number of nitro groups is 1. The summed E-state index contributed by atoms with van der Waals surface area (Å²) in [5.41, 5.74) is 4.76. The quantitative estimate of drug-likeness (QED) is 0.501. The molecule has 0 saturated carbocycles. The third kappa shape index (κ3) is 4.00. The van der Waals surface area contributed by atoms with E-state index in [1.807, 2.05) is 13.8 Å². The average Bonchev–Trinajstić information content (AvgIpc) is 3.02. The second-order valence-electron chi connectivity index (χ2n) is 5.31. The monoisotopic (exact) mass is 315 g/mol. The Labute approximate surface area is 132 Å². The van der Waals surface area contributed by atoms with Crippen molar-refractivity contribution in [2.45, 2.75) is 26.7 Å². The van der Waals surface area contributed by atoms with Gasteiger partial charge in [0.15, 0.2) is 5.69 Å². The van der Waals surface area contributed by atoms with E-state index >= 15 is 0 Å². The zero-order chi connectivity index (χ0) is 17.0. The van der Waals surface area contributed by atoms with Gasteiger partial charge in [-0.25, -0.2) is 5.43 Å². The number of nitro benzene ring substituents is 1. The summed E-state index contributed by atoms with van der Waals surface area (Å²) >= 11 is 0. The van der Waals surface area contributed by atoms with Crippen molar-refractivity contribution in [2.24, 2.45) is 5.10 Å². The fraction of sp³-hybridized carbons (Fsp3) is 0.267. The average molecular weight is 315 g/mol. The molecule has 1 aromatic carbocycles. The largest absolute Gasteiger partial charge is 0.291 e. The number of aromatic amines is 1. The molecular weight excluding hydrogens is 298 g/mol. The first kappa shape index (κ1) is 16.3. The molecular formula is C15H17N5O3. The number of non-ortho nitro benzene ring substituents is 1. The van der Waals surface area contributed by atoms with Gasteiger partial charge in [-0.05, 0) is 36.6 Å². The van der Waals surface area contributed by atoms with Gasteiger partial charge in [0.05, 0.1) is 10.6 Å². The van der Waals surface area contributed by atoms with E-state index in [9.17, 15) is 14.9 Å². The van der Waals surface area contributed by atoms with Gasteiger partial charge < -0.3 is 0 Å². The van der Waals surface area contributed by atoms with Crippen molar-refractivity contribution < 1.29 is 9.72 Å². The number of nitrogens with zero attached hydrogens (tertiary/aromatic N) is 3. The molecule has 0 atom stereocenters. The Kier molecular flexibility index (Phi) is 4.85. The molecule has 0 bridgehead atoms. The fourth-order valence-corrected chi connectivity index (χ4v) is 1.83. The first-order valence-electron chi connectivity index (χ1n) is 7.03. The molecule has 0 saturated heterocycles. The predicted molar refractivity (Wildman–Crippen MR) is 85.5 cm³/mol. The van der Waals surface area contributed by atoms with Crippen LogP contribution in [0.4, 0.5) is 5.69 Å². The Bertz CT molecular complexity index is 747. The van der Waals surface area contributed by atoms with Crippen molar-refractivity contribution in [3.8, 4) is 0 Å². The number of hydrazone groups is 1. The van der Waals surface area contributed by atoms with Crippen molar-refractivity contribution >= 4 is 17.3 Å². The maximum Gasteiger partial charge on any atom is 0.291 e. The molecule has 0 fully saturated rings. The third-order valence-electron chi connectivity index (χ3n) is 3.27. The molecule has 2 N–H and O–H groups in total. The van der Waals surface area contributed by atoms with E-state index in [-0.39, 0.29) is 17.3 Å². The predicted octanol–water partition coefficient (Wildman–Crippen LogP) is 2.60. The number of hydrogen-bond donors (Lipinski definition) is 2. The van der Waals surface area contributed by atoms with Crippen LogP contribution in [0.2, 0.25) is 0 Å². The van der Waals surface area contributed by atoms with E-state index in [1.54, 1.807) is 25.1 Å². The van der Waals surface area contributed by atoms with Gasteiger partial charge in [-0.15, -0.1) is 0 Å². The summed E-state index contributed by atoms with van der Waals surface area (Å²) < 4.78 is 0. The Morgan fingerprint density at radius 3 is 2.52 bits per heavy atom. The van der Waals surface area contributed by atoms with Crippen molar-refractivity contribution in [1.29, 1.82) is 0 Å². The van der Waals surface area contributed by atoms with E-state index in [1.165, 1.54) is 12.1 Å². The zero-order valence-corrected chi connectivity index (χ0v) is 13.0. The third-order valence-corrected chi connectivity index (χ3v) is 3.27. The number of nitrogens with one attached hydrogen (secondary N) is 2. The highest BCUT2D eigenvalue weighted by Crippen LogP contribution is 2.13. The highest BCUT2D eigenvalue weighted by molar-refractivity contribution is 6.00. The van der Waals surface area contributed by atoms with Crippen LogP contribution in [0.5, 0.6) is 0 Å². The molecule has 0 aliphatic rings. The topological polar surface area (TPSA) is 113 Å². The molecule has 1 heterocycles. The molecule has 1 amide bonds. The maximum atomic E-state index is 12.0. The molecule has 0 aliphatic carbocycles. The van der Waals surface area contributed by atoms with Gasteiger partial charge in [-0.1, -0.05) is 13.8 Å². The Morgan fingerprint density at radius 2 is 2.00 bits per heavy atom. The zero-order valence-electron chi connectivity index (χ0n) is 13.0. The standard InChI is InChI=1S/C15H17N5O3/c1-9(2)13-8-14(18-17-13)15(21)19-16-10(3)11-4-6-12(7-5-11)20(22)23/h4-9H,1-3H3,(H,17,18)(H,19,21)/b16-10+. The normalized spacial score (nSPS) is 11.6. The van der Waals surface area contributed by atoms with E-state index in [2.05, 4.69) is 20.7 Å². The number of benzene rings is 1. The Hall–Kier alpha value is -3.03. The number of hydrogen-bond acceptors (Lipinski definition) is 5. The Morgan fingerprint density at radius 1 is 1.35 bits per heavy atom. The van der Waals surface area contributed by atoms with Crippen LogP contribution in [-0.4, -0.2) is 26.7 Å². The number of carbonyl (C=O) groups is 1. The molecule has 8 heteroatoms. The smallest absolute Gasteiger partial charge is 0.282 e. The highest BCUT2D eigenvalue weighted by Gasteiger charge is 2.12. The van der Waals surface area contributed by atoms with Gasteiger partial charge in [0.2, 0.25) is 0 Å². The lowest BCUT2D eigenvalue weighted by atomic mass is 10.1. The summed E-state index contributed by atoms with van der Waals surface area (Å²) in [6, 6.07) is 7.61.